The van der Waals surface area contributed by atoms with Gasteiger partial charge in [-0.1, -0.05) is 35.7 Å². The van der Waals surface area contributed by atoms with Crippen molar-refractivity contribution in [1.82, 2.24) is 0 Å². The van der Waals surface area contributed by atoms with Gasteiger partial charge in [-0.25, -0.2) is 0 Å². The summed E-state index contributed by atoms with van der Waals surface area (Å²) in [5.41, 5.74) is 8.80. The molecule has 3 nitrogen and oxygen atoms in total. The Hall–Kier alpha value is -0.680. The van der Waals surface area contributed by atoms with E-state index in [0.717, 1.165) is 42.4 Å². The van der Waals surface area contributed by atoms with Crippen molar-refractivity contribution in [3.8, 4) is 5.75 Å². The third-order valence-electron chi connectivity index (χ3n) is 6.05. The van der Waals surface area contributed by atoms with E-state index < -0.39 is 0 Å². The van der Waals surface area contributed by atoms with Crippen LogP contribution in [-0.2, 0) is 12.0 Å². The molecule has 0 saturated heterocycles. The van der Waals surface area contributed by atoms with E-state index in [-0.39, 0.29) is 11.1 Å². The van der Waals surface area contributed by atoms with E-state index in [1.807, 2.05) is 0 Å². The summed E-state index contributed by atoms with van der Waals surface area (Å²) >= 11 is 5.54. The molecule has 1 atom stereocenters. The number of aryl methyl sites for hydroxylation is 1. The molecule has 4 rings (SSSR count). The van der Waals surface area contributed by atoms with Crippen molar-refractivity contribution in [2.24, 2.45) is 5.73 Å². The Morgan fingerprint density at radius 3 is 2.76 bits per heavy atom. The van der Waals surface area contributed by atoms with Gasteiger partial charge in [0.2, 0.25) is 0 Å². The van der Waals surface area contributed by atoms with Crippen molar-refractivity contribution < 1.29 is 9.73 Å². The summed E-state index contributed by atoms with van der Waals surface area (Å²) in [4.78, 5) is 3.69. The number of fused-ring (bicyclic) bond motifs is 2. The van der Waals surface area contributed by atoms with Gasteiger partial charge in [-0.05, 0) is 61.6 Å². The highest BCUT2D eigenvalue weighted by Gasteiger charge is 2.52. The number of rotatable bonds is 2. The molecule has 136 valence electrons. The molecule has 1 aromatic rings. The Morgan fingerprint density at radius 2 is 2.04 bits per heavy atom. The van der Waals surface area contributed by atoms with Crippen molar-refractivity contribution in [3.63, 3.8) is 0 Å². The van der Waals surface area contributed by atoms with Gasteiger partial charge >= 0.3 is 5.17 Å². The molecule has 0 aromatic heterocycles. The molecule has 1 fully saturated rings. The maximum atomic E-state index is 6.75. The summed E-state index contributed by atoms with van der Waals surface area (Å²) in [6.45, 7) is 2.23. The quantitative estimate of drug-likeness (QED) is 0.763. The zero-order valence-electron chi connectivity index (χ0n) is 15.0. The van der Waals surface area contributed by atoms with E-state index in [1.165, 1.54) is 47.7 Å². The third kappa shape index (κ3) is 3.23. The first-order valence-electron chi connectivity index (χ1n) is 9.61. The second kappa shape index (κ2) is 6.80. The van der Waals surface area contributed by atoms with E-state index >= 15 is 0 Å². The SMILES string of the molecule is CCCc1cc2c(cc1Br)C1(CCSC(N)=[NH+]1)CC1(CCCCC1)O2. The smallest absolute Gasteiger partial charge is 0.302 e. The fourth-order valence-corrected chi connectivity index (χ4v) is 6.39. The van der Waals surface area contributed by atoms with Gasteiger partial charge in [-0.2, -0.15) is 0 Å². The summed E-state index contributed by atoms with van der Waals surface area (Å²) in [7, 11) is 0. The molecule has 2 aliphatic heterocycles. The van der Waals surface area contributed by atoms with E-state index in [4.69, 9.17) is 10.5 Å². The summed E-state index contributed by atoms with van der Waals surface area (Å²) in [6.07, 6.45) is 10.6. The number of halogens is 1. The van der Waals surface area contributed by atoms with Crippen LogP contribution in [0.5, 0.6) is 5.75 Å². The highest BCUT2D eigenvalue weighted by molar-refractivity contribution is 9.10. The van der Waals surface area contributed by atoms with Crippen LogP contribution >= 0.6 is 27.7 Å². The molecule has 2 heterocycles. The standard InChI is InChI=1S/C20H27BrN2OS/c1-2-6-14-11-17-15(12-16(14)21)20(9-10-25-18(22)23-20)13-19(24-17)7-4-3-5-8-19/h11-12H,2-10,13H2,1H3,(H2,22,23)/p+1. The number of hydrogen-bond donors (Lipinski definition) is 2. The predicted molar refractivity (Wildman–Crippen MR) is 108 cm³/mol. The average Bonchev–Trinajstić information content (AvgIpc) is 2.57. The molecule has 25 heavy (non-hydrogen) atoms. The maximum absolute atomic E-state index is 6.75. The topological polar surface area (TPSA) is 49.2 Å². The highest BCUT2D eigenvalue weighted by atomic mass is 79.9. The van der Waals surface area contributed by atoms with Crippen molar-refractivity contribution in [2.75, 3.05) is 5.75 Å². The molecule has 1 unspecified atom stereocenters. The molecule has 3 aliphatic rings. The molecule has 1 saturated carbocycles. The normalized spacial score (nSPS) is 27.7. The number of amidine groups is 1. The van der Waals surface area contributed by atoms with Crippen LogP contribution in [0.4, 0.5) is 0 Å². The van der Waals surface area contributed by atoms with Crippen LogP contribution in [0.1, 0.15) is 69.4 Å². The Balaban J connectivity index is 1.85. The van der Waals surface area contributed by atoms with Crippen molar-refractivity contribution >= 4 is 32.9 Å². The first-order chi connectivity index (χ1) is 12.1. The fourth-order valence-electron chi connectivity index (χ4n) is 4.91. The predicted octanol–water partition coefficient (Wildman–Crippen LogP) is 3.61. The van der Waals surface area contributed by atoms with E-state index in [0.29, 0.717) is 0 Å². The molecule has 2 spiro atoms. The van der Waals surface area contributed by atoms with Gasteiger partial charge in [-0.15, -0.1) is 0 Å². The third-order valence-corrected chi connectivity index (χ3v) is 7.61. The lowest BCUT2D eigenvalue weighted by atomic mass is 9.69. The van der Waals surface area contributed by atoms with E-state index in [1.54, 1.807) is 11.8 Å². The van der Waals surface area contributed by atoms with Crippen molar-refractivity contribution in [3.05, 3.63) is 27.7 Å². The van der Waals surface area contributed by atoms with E-state index in [2.05, 4.69) is 40.0 Å². The molecule has 1 aromatic carbocycles. The number of nitrogens with two attached hydrogens (primary N) is 1. The summed E-state index contributed by atoms with van der Waals surface area (Å²) in [5.74, 6) is 2.16. The van der Waals surface area contributed by atoms with Gasteiger partial charge in [0.05, 0.1) is 0 Å². The lowest BCUT2D eigenvalue weighted by molar-refractivity contribution is -0.573. The van der Waals surface area contributed by atoms with Crippen LogP contribution in [0.25, 0.3) is 0 Å². The van der Waals surface area contributed by atoms with Crippen molar-refractivity contribution in [2.45, 2.75) is 75.9 Å². The molecule has 0 radical (unpaired) electrons. The van der Waals surface area contributed by atoms with Gasteiger partial charge in [0, 0.05) is 28.6 Å². The molecule has 1 aliphatic carbocycles. The van der Waals surface area contributed by atoms with Gasteiger partial charge in [0.15, 0.2) is 0 Å². The number of ether oxygens (including phenoxy) is 1. The molecular weight excluding hydrogens is 396 g/mol. The van der Waals surface area contributed by atoms with E-state index in [9.17, 15) is 0 Å². The lowest BCUT2D eigenvalue weighted by Gasteiger charge is -2.48. The largest absolute Gasteiger partial charge is 0.487 e. The van der Waals surface area contributed by atoms with Gasteiger partial charge in [-0.3, -0.25) is 10.7 Å². The highest BCUT2D eigenvalue weighted by Crippen LogP contribution is 2.50. The number of benzene rings is 1. The Bertz CT molecular complexity index is 699. The van der Waals surface area contributed by atoms with Gasteiger partial charge in [0.25, 0.3) is 0 Å². The Labute approximate surface area is 163 Å². The summed E-state index contributed by atoms with van der Waals surface area (Å²) < 4.78 is 7.95. The molecule has 3 N–H and O–H groups in total. The van der Waals surface area contributed by atoms with Crippen molar-refractivity contribution in [1.29, 1.82) is 0 Å². The summed E-state index contributed by atoms with van der Waals surface area (Å²) in [6, 6.07) is 4.59. The lowest BCUT2D eigenvalue weighted by Crippen LogP contribution is -2.89. The molecular formula is C20H28BrN2OS+. The average molecular weight is 424 g/mol. The van der Waals surface area contributed by atoms with Gasteiger partial charge in [0.1, 0.15) is 16.9 Å². The van der Waals surface area contributed by atoms with Crippen LogP contribution in [0.3, 0.4) is 0 Å². The minimum Gasteiger partial charge on any atom is -0.487 e. The molecule has 0 amide bonds. The molecule has 0 bridgehead atoms. The first kappa shape index (κ1) is 17.7. The maximum Gasteiger partial charge on any atom is 0.302 e. The van der Waals surface area contributed by atoms with Gasteiger partial charge < -0.3 is 4.74 Å². The minimum absolute atomic E-state index is 0.0160. The van der Waals surface area contributed by atoms with Crippen LogP contribution in [0.15, 0.2) is 16.6 Å². The minimum atomic E-state index is -0.0759. The number of nitrogens with one attached hydrogen (secondary N) is 1. The summed E-state index contributed by atoms with van der Waals surface area (Å²) in [5, 5.41) is 0.860. The zero-order valence-corrected chi connectivity index (χ0v) is 17.4. The first-order valence-corrected chi connectivity index (χ1v) is 11.4. The second-order valence-electron chi connectivity index (χ2n) is 7.88. The zero-order chi connectivity index (χ0) is 17.5. The van der Waals surface area contributed by atoms with Crippen LogP contribution in [0, 0.1) is 0 Å². The Kier molecular flexibility index (Phi) is 4.82. The number of hydrogen-bond acceptors (Lipinski definition) is 3. The van der Waals surface area contributed by atoms with Crippen LogP contribution in [-0.4, -0.2) is 16.5 Å². The second-order valence-corrected chi connectivity index (χ2v) is 9.87. The Morgan fingerprint density at radius 1 is 1.24 bits per heavy atom. The number of thioether (sulfide) groups is 1. The van der Waals surface area contributed by atoms with Crippen LogP contribution < -0.4 is 15.5 Å². The fraction of sp³-hybridized carbons (Fsp3) is 0.650. The van der Waals surface area contributed by atoms with Crippen LogP contribution in [0.2, 0.25) is 0 Å². The monoisotopic (exact) mass is 423 g/mol. The molecule has 5 heteroatoms.